The van der Waals surface area contributed by atoms with Crippen molar-refractivity contribution in [3.8, 4) is 0 Å². The summed E-state index contributed by atoms with van der Waals surface area (Å²) in [6, 6.07) is 38.4. The third kappa shape index (κ3) is 4.36. The van der Waals surface area contributed by atoms with Crippen LogP contribution in [-0.2, 0) is 4.75 Å². The lowest BCUT2D eigenvalue weighted by Gasteiger charge is -2.35. The maximum atomic E-state index is 4.37. The fourth-order valence-corrected chi connectivity index (χ4v) is 5.04. The van der Waals surface area contributed by atoms with E-state index >= 15 is 0 Å². The number of hydrogen-bond acceptors (Lipinski definition) is 3. The summed E-state index contributed by atoms with van der Waals surface area (Å²) >= 11 is 1.96. The Kier molecular flexibility index (Phi) is 6.28. The van der Waals surface area contributed by atoms with E-state index in [9.17, 15) is 0 Å². The maximum absolute atomic E-state index is 4.37. The monoisotopic (exact) mass is 396 g/mol. The van der Waals surface area contributed by atoms with Crippen molar-refractivity contribution >= 4 is 17.6 Å². The highest BCUT2D eigenvalue weighted by Gasteiger charge is 2.36. The number of aromatic nitrogens is 1. The number of thioether (sulfide) groups is 1. The van der Waals surface area contributed by atoms with Crippen molar-refractivity contribution in [2.75, 3.05) is 17.6 Å². The maximum Gasteiger partial charge on any atom is 0.125 e. The van der Waals surface area contributed by atoms with Crippen molar-refractivity contribution in [3.63, 3.8) is 0 Å². The molecule has 0 unspecified atom stereocenters. The van der Waals surface area contributed by atoms with E-state index in [0.29, 0.717) is 0 Å². The van der Waals surface area contributed by atoms with Crippen LogP contribution in [0.4, 0.5) is 5.82 Å². The quantitative estimate of drug-likeness (QED) is 0.283. The molecule has 2 nitrogen and oxygen atoms in total. The molecule has 0 amide bonds. The van der Waals surface area contributed by atoms with Gasteiger partial charge in [-0.2, -0.15) is 0 Å². The topological polar surface area (TPSA) is 24.9 Å². The summed E-state index contributed by atoms with van der Waals surface area (Å²) in [4.78, 5) is 4.37. The first-order chi connectivity index (χ1) is 14.4. The summed E-state index contributed by atoms with van der Waals surface area (Å²) < 4.78 is -0.268. The van der Waals surface area contributed by atoms with Crippen molar-refractivity contribution in [1.82, 2.24) is 4.98 Å². The van der Waals surface area contributed by atoms with Crippen LogP contribution in [0.25, 0.3) is 0 Å². The molecule has 0 radical (unpaired) electrons. The van der Waals surface area contributed by atoms with Gasteiger partial charge in [0.15, 0.2) is 0 Å². The molecule has 4 rings (SSSR count). The Labute approximate surface area is 177 Å². The molecule has 0 bridgehead atoms. The lowest BCUT2D eigenvalue weighted by atomic mass is 9.84. The zero-order valence-electron chi connectivity index (χ0n) is 16.2. The molecule has 0 fully saturated rings. The first-order valence-electron chi connectivity index (χ1n) is 9.85. The highest BCUT2D eigenvalue weighted by Crippen LogP contribution is 2.48. The van der Waals surface area contributed by atoms with E-state index < -0.39 is 0 Å². The Morgan fingerprint density at radius 3 is 1.55 bits per heavy atom. The number of nitrogens with one attached hydrogen (secondary N) is 1. The van der Waals surface area contributed by atoms with E-state index in [1.54, 1.807) is 0 Å². The second-order valence-electron chi connectivity index (χ2n) is 6.77. The average molecular weight is 397 g/mol. The normalized spacial score (nSPS) is 11.2. The van der Waals surface area contributed by atoms with Gasteiger partial charge in [0.2, 0.25) is 0 Å². The molecule has 3 aromatic carbocycles. The number of benzene rings is 3. The summed E-state index contributed by atoms with van der Waals surface area (Å²) in [5.41, 5.74) is 3.88. The highest BCUT2D eigenvalue weighted by molar-refractivity contribution is 8.00. The number of rotatable bonds is 8. The van der Waals surface area contributed by atoms with Crippen LogP contribution >= 0.6 is 11.8 Å². The highest BCUT2D eigenvalue weighted by atomic mass is 32.2. The molecule has 144 valence electrons. The molecule has 29 heavy (non-hydrogen) atoms. The summed E-state index contributed by atoms with van der Waals surface area (Å²) in [6.07, 6.45) is 1.82. The molecule has 0 spiro atoms. The van der Waals surface area contributed by atoms with E-state index in [1.165, 1.54) is 16.7 Å². The van der Waals surface area contributed by atoms with Crippen LogP contribution in [0.2, 0.25) is 0 Å². The Morgan fingerprint density at radius 1 is 0.621 bits per heavy atom. The molecule has 0 aliphatic rings. The molecule has 0 aliphatic heterocycles. The molecule has 1 aromatic heterocycles. The van der Waals surface area contributed by atoms with Crippen molar-refractivity contribution in [3.05, 3.63) is 132 Å². The predicted octanol–water partition coefficient (Wildman–Crippen LogP) is 6.22. The van der Waals surface area contributed by atoms with Crippen molar-refractivity contribution in [2.24, 2.45) is 0 Å². The fraction of sp³-hybridized carbons (Fsp3) is 0.115. The molecular weight excluding hydrogens is 372 g/mol. The van der Waals surface area contributed by atoms with Gasteiger partial charge in [0, 0.05) is 18.5 Å². The summed E-state index contributed by atoms with van der Waals surface area (Å²) in [5, 5.41) is 3.44. The second-order valence-corrected chi connectivity index (χ2v) is 8.08. The molecule has 0 saturated heterocycles. The molecule has 1 N–H and O–H groups in total. The van der Waals surface area contributed by atoms with E-state index in [2.05, 4.69) is 101 Å². The van der Waals surface area contributed by atoms with Gasteiger partial charge in [0.1, 0.15) is 5.82 Å². The minimum atomic E-state index is -0.268. The van der Waals surface area contributed by atoms with Crippen molar-refractivity contribution < 1.29 is 0 Å². The first kappa shape index (κ1) is 19.3. The van der Waals surface area contributed by atoms with Crippen molar-refractivity contribution in [2.45, 2.75) is 4.75 Å². The number of hydrogen-bond donors (Lipinski definition) is 1. The lowest BCUT2D eigenvalue weighted by molar-refractivity contribution is 0.893. The zero-order chi connectivity index (χ0) is 19.8. The van der Waals surface area contributed by atoms with Crippen LogP contribution < -0.4 is 5.32 Å². The molecule has 0 saturated carbocycles. The number of nitrogens with zero attached hydrogens (tertiary/aromatic N) is 1. The van der Waals surface area contributed by atoms with Crippen LogP contribution in [0.5, 0.6) is 0 Å². The first-order valence-corrected chi connectivity index (χ1v) is 10.8. The van der Waals surface area contributed by atoms with Crippen LogP contribution in [0.1, 0.15) is 16.7 Å². The van der Waals surface area contributed by atoms with Crippen molar-refractivity contribution in [1.29, 1.82) is 0 Å². The summed E-state index contributed by atoms with van der Waals surface area (Å²) in [7, 11) is 0. The SMILES string of the molecule is c1ccc(C(SCCNc2ccccn2)(c2ccccc2)c2ccccc2)cc1. The van der Waals surface area contributed by atoms with E-state index in [4.69, 9.17) is 0 Å². The van der Waals surface area contributed by atoms with Gasteiger partial charge in [0.25, 0.3) is 0 Å². The Hall–Kier alpha value is -3.04. The summed E-state index contributed by atoms with van der Waals surface area (Å²) in [6.45, 7) is 0.843. The molecule has 3 heteroatoms. The predicted molar refractivity (Wildman–Crippen MR) is 124 cm³/mol. The summed E-state index contributed by atoms with van der Waals surface area (Å²) in [5.74, 6) is 1.85. The fourth-order valence-electron chi connectivity index (χ4n) is 3.62. The Balaban J connectivity index is 1.70. The third-order valence-electron chi connectivity index (χ3n) is 4.93. The largest absolute Gasteiger partial charge is 0.369 e. The van der Waals surface area contributed by atoms with E-state index in [-0.39, 0.29) is 4.75 Å². The smallest absolute Gasteiger partial charge is 0.125 e. The minimum Gasteiger partial charge on any atom is -0.369 e. The molecule has 0 aliphatic carbocycles. The minimum absolute atomic E-state index is 0.268. The standard InChI is InChI=1S/C26H24N2S/c1-4-12-22(13-5-1)26(23-14-6-2-7-15-23,24-16-8-3-9-17-24)29-21-20-28-25-18-10-11-19-27-25/h1-19H,20-21H2,(H,27,28). The van der Waals surface area contributed by atoms with Gasteiger partial charge in [0.05, 0.1) is 4.75 Å². The van der Waals surface area contributed by atoms with Gasteiger partial charge in [-0.3, -0.25) is 0 Å². The van der Waals surface area contributed by atoms with Gasteiger partial charge in [-0.1, -0.05) is 97.1 Å². The molecular formula is C26H24N2S. The number of anilines is 1. The van der Waals surface area contributed by atoms with Crippen LogP contribution in [-0.4, -0.2) is 17.3 Å². The van der Waals surface area contributed by atoms with Gasteiger partial charge >= 0.3 is 0 Å². The van der Waals surface area contributed by atoms with Gasteiger partial charge in [-0.05, 0) is 28.8 Å². The molecule has 1 heterocycles. The van der Waals surface area contributed by atoms with E-state index in [1.807, 2.05) is 36.2 Å². The zero-order valence-corrected chi connectivity index (χ0v) is 17.1. The van der Waals surface area contributed by atoms with Gasteiger partial charge < -0.3 is 5.32 Å². The van der Waals surface area contributed by atoms with Gasteiger partial charge in [-0.25, -0.2) is 4.98 Å². The average Bonchev–Trinajstić information content (AvgIpc) is 2.82. The van der Waals surface area contributed by atoms with Gasteiger partial charge in [-0.15, -0.1) is 11.8 Å². The Bertz CT molecular complexity index is 893. The third-order valence-corrected chi connectivity index (χ3v) is 6.48. The number of pyridine rings is 1. The Morgan fingerprint density at radius 2 is 1.10 bits per heavy atom. The second kappa shape index (κ2) is 9.44. The van der Waals surface area contributed by atoms with E-state index in [0.717, 1.165) is 18.1 Å². The van der Waals surface area contributed by atoms with Crippen LogP contribution in [0.15, 0.2) is 115 Å². The van der Waals surface area contributed by atoms with Crippen LogP contribution in [0.3, 0.4) is 0 Å². The van der Waals surface area contributed by atoms with Crippen LogP contribution in [0, 0.1) is 0 Å². The lowest BCUT2D eigenvalue weighted by Crippen LogP contribution is -2.27. The molecule has 0 atom stereocenters. The molecule has 4 aromatic rings.